The molecule has 0 aliphatic rings. The van der Waals surface area contributed by atoms with Crippen LogP contribution in [-0.2, 0) is 11.3 Å². The van der Waals surface area contributed by atoms with Gasteiger partial charge in [-0.1, -0.05) is 13.3 Å². The van der Waals surface area contributed by atoms with Gasteiger partial charge in [0.05, 0.1) is 12.8 Å². The van der Waals surface area contributed by atoms with E-state index in [2.05, 4.69) is 17.2 Å². The standard InChI is InChI=1S/C15H26N2O2/c1-4-5-8-19-9-6-7-16-12-14-11-15(18-3)10-13(2)17-14/h10-11,16H,4-9,12H2,1-3H3. The number of unbranched alkanes of at least 4 members (excludes halogenated alkanes) is 1. The van der Waals surface area contributed by atoms with E-state index in [0.29, 0.717) is 0 Å². The number of pyridine rings is 1. The van der Waals surface area contributed by atoms with E-state index in [1.807, 2.05) is 19.1 Å². The number of rotatable bonds is 10. The van der Waals surface area contributed by atoms with Crippen LogP contribution < -0.4 is 10.1 Å². The van der Waals surface area contributed by atoms with E-state index < -0.39 is 0 Å². The molecule has 1 aromatic heterocycles. The van der Waals surface area contributed by atoms with Crippen LogP contribution in [0.2, 0.25) is 0 Å². The number of nitrogens with one attached hydrogen (secondary N) is 1. The van der Waals surface area contributed by atoms with Crippen LogP contribution in [0.5, 0.6) is 5.75 Å². The lowest BCUT2D eigenvalue weighted by Gasteiger charge is -2.08. The Morgan fingerprint density at radius 3 is 2.74 bits per heavy atom. The van der Waals surface area contributed by atoms with Gasteiger partial charge in [0, 0.05) is 37.6 Å². The fraction of sp³-hybridized carbons (Fsp3) is 0.667. The molecule has 4 heteroatoms. The summed E-state index contributed by atoms with van der Waals surface area (Å²) in [7, 11) is 1.68. The van der Waals surface area contributed by atoms with Crippen molar-refractivity contribution in [1.82, 2.24) is 10.3 Å². The van der Waals surface area contributed by atoms with Crippen molar-refractivity contribution in [2.45, 2.75) is 39.7 Å². The molecule has 0 bridgehead atoms. The molecule has 0 saturated carbocycles. The van der Waals surface area contributed by atoms with Crippen LogP contribution >= 0.6 is 0 Å². The highest BCUT2D eigenvalue weighted by atomic mass is 16.5. The Kier molecular flexibility index (Phi) is 8.18. The molecule has 108 valence electrons. The maximum absolute atomic E-state index is 5.51. The zero-order chi connectivity index (χ0) is 13.9. The summed E-state index contributed by atoms with van der Waals surface area (Å²) in [6.07, 6.45) is 3.38. The SMILES string of the molecule is CCCCOCCCNCc1cc(OC)cc(C)n1. The first-order valence-electron chi connectivity index (χ1n) is 7.06. The van der Waals surface area contributed by atoms with Crippen LogP contribution in [0.4, 0.5) is 0 Å². The molecule has 0 aromatic carbocycles. The first kappa shape index (κ1) is 15.9. The molecule has 0 amide bonds. The second kappa shape index (κ2) is 9.75. The highest BCUT2D eigenvalue weighted by Crippen LogP contribution is 2.12. The van der Waals surface area contributed by atoms with Gasteiger partial charge >= 0.3 is 0 Å². The Balaban J connectivity index is 2.13. The molecule has 1 heterocycles. The molecule has 0 unspecified atom stereocenters. The van der Waals surface area contributed by atoms with Crippen molar-refractivity contribution in [3.05, 3.63) is 23.5 Å². The Labute approximate surface area is 116 Å². The van der Waals surface area contributed by atoms with Gasteiger partial charge in [-0.2, -0.15) is 0 Å². The third-order valence-corrected chi connectivity index (χ3v) is 2.81. The molecule has 4 nitrogen and oxygen atoms in total. The van der Waals surface area contributed by atoms with Crippen molar-refractivity contribution in [3.8, 4) is 5.75 Å². The number of methoxy groups -OCH3 is 1. The lowest BCUT2D eigenvalue weighted by molar-refractivity contribution is 0.128. The fourth-order valence-electron chi connectivity index (χ4n) is 1.78. The van der Waals surface area contributed by atoms with Crippen LogP contribution in [0.15, 0.2) is 12.1 Å². The Bertz CT molecular complexity index is 356. The molecular weight excluding hydrogens is 240 g/mol. The van der Waals surface area contributed by atoms with Gasteiger partial charge in [0.2, 0.25) is 0 Å². The van der Waals surface area contributed by atoms with Crippen LogP contribution in [0.3, 0.4) is 0 Å². The molecule has 1 rings (SSSR count). The molecule has 0 radical (unpaired) electrons. The summed E-state index contributed by atoms with van der Waals surface area (Å²) >= 11 is 0. The summed E-state index contributed by atoms with van der Waals surface area (Å²) in [4.78, 5) is 4.47. The maximum atomic E-state index is 5.51. The number of ether oxygens (including phenoxy) is 2. The van der Waals surface area contributed by atoms with E-state index in [-0.39, 0.29) is 0 Å². The third kappa shape index (κ3) is 7.13. The molecule has 0 saturated heterocycles. The van der Waals surface area contributed by atoms with E-state index in [9.17, 15) is 0 Å². The van der Waals surface area contributed by atoms with Crippen molar-refractivity contribution < 1.29 is 9.47 Å². The Hall–Kier alpha value is -1.13. The van der Waals surface area contributed by atoms with Gasteiger partial charge < -0.3 is 14.8 Å². The molecule has 0 atom stereocenters. The third-order valence-electron chi connectivity index (χ3n) is 2.81. The number of hydrogen-bond acceptors (Lipinski definition) is 4. The minimum Gasteiger partial charge on any atom is -0.497 e. The van der Waals surface area contributed by atoms with Gasteiger partial charge in [0.1, 0.15) is 5.75 Å². The maximum Gasteiger partial charge on any atom is 0.122 e. The van der Waals surface area contributed by atoms with Crippen molar-refractivity contribution >= 4 is 0 Å². The van der Waals surface area contributed by atoms with Crippen molar-refractivity contribution in [2.75, 3.05) is 26.9 Å². The normalized spacial score (nSPS) is 10.7. The van der Waals surface area contributed by atoms with E-state index in [4.69, 9.17) is 9.47 Å². The second-order valence-corrected chi connectivity index (χ2v) is 4.64. The zero-order valence-electron chi connectivity index (χ0n) is 12.4. The predicted molar refractivity (Wildman–Crippen MR) is 77.6 cm³/mol. The minimum atomic E-state index is 0.771. The average molecular weight is 266 g/mol. The highest BCUT2D eigenvalue weighted by molar-refractivity contribution is 5.26. The predicted octanol–water partition coefficient (Wildman–Crippen LogP) is 2.70. The van der Waals surface area contributed by atoms with Gasteiger partial charge in [-0.15, -0.1) is 0 Å². The quantitative estimate of drug-likeness (QED) is 0.661. The average Bonchev–Trinajstić information content (AvgIpc) is 2.41. The summed E-state index contributed by atoms with van der Waals surface area (Å²) < 4.78 is 10.7. The zero-order valence-corrected chi connectivity index (χ0v) is 12.4. The molecule has 1 aromatic rings. The molecule has 0 spiro atoms. The van der Waals surface area contributed by atoms with Gasteiger partial charge in [0.25, 0.3) is 0 Å². The molecular formula is C15H26N2O2. The summed E-state index contributed by atoms with van der Waals surface area (Å²) in [5, 5.41) is 3.37. The fourth-order valence-corrected chi connectivity index (χ4v) is 1.78. The number of aryl methyl sites for hydroxylation is 1. The van der Waals surface area contributed by atoms with Gasteiger partial charge in [0.15, 0.2) is 0 Å². The van der Waals surface area contributed by atoms with E-state index in [0.717, 1.165) is 56.3 Å². The van der Waals surface area contributed by atoms with Crippen molar-refractivity contribution in [1.29, 1.82) is 0 Å². The van der Waals surface area contributed by atoms with Gasteiger partial charge in [-0.25, -0.2) is 0 Å². The van der Waals surface area contributed by atoms with Crippen molar-refractivity contribution in [3.63, 3.8) is 0 Å². The first-order chi connectivity index (χ1) is 9.26. The number of aromatic nitrogens is 1. The summed E-state index contributed by atoms with van der Waals surface area (Å²) in [5.41, 5.74) is 2.00. The summed E-state index contributed by atoms with van der Waals surface area (Å²) in [6.45, 7) is 7.59. The summed E-state index contributed by atoms with van der Waals surface area (Å²) in [5.74, 6) is 0.868. The molecule has 1 N–H and O–H groups in total. The molecule has 0 aliphatic heterocycles. The topological polar surface area (TPSA) is 43.4 Å². The van der Waals surface area contributed by atoms with Crippen LogP contribution in [-0.4, -0.2) is 31.9 Å². The van der Waals surface area contributed by atoms with Crippen molar-refractivity contribution in [2.24, 2.45) is 0 Å². The highest BCUT2D eigenvalue weighted by Gasteiger charge is 2.00. The molecule has 19 heavy (non-hydrogen) atoms. The molecule has 0 aliphatic carbocycles. The van der Waals surface area contributed by atoms with Crippen LogP contribution in [0.1, 0.15) is 37.6 Å². The minimum absolute atomic E-state index is 0.771. The smallest absolute Gasteiger partial charge is 0.122 e. The first-order valence-corrected chi connectivity index (χ1v) is 7.06. The lowest BCUT2D eigenvalue weighted by Crippen LogP contribution is -2.17. The monoisotopic (exact) mass is 266 g/mol. The van der Waals surface area contributed by atoms with Gasteiger partial charge in [-0.3, -0.25) is 4.98 Å². The van der Waals surface area contributed by atoms with Crippen LogP contribution in [0.25, 0.3) is 0 Å². The van der Waals surface area contributed by atoms with E-state index >= 15 is 0 Å². The number of hydrogen-bond donors (Lipinski definition) is 1. The van der Waals surface area contributed by atoms with Crippen LogP contribution in [0, 0.1) is 6.92 Å². The summed E-state index contributed by atoms with van der Waals surface area (Å²) in [6, 6.07) is 3.91. The Morgan fingerprint density at radius 1 is 1.21 bits per heavy atom. The second-order valence-electron chi connectivity index (χ2n) is 4.64. The molecule has 0 fully saturated rings. The van der Waals surface area contributed by atoms with Gasteiger partial charge in [-0.05, 0) is 26.3 Å². The van der Waals surface area contributed by atoms with E-state index in [1.165, 1.54) is 6.42 Å². The lowest BCUT2D eigenvalue weighted by atomic mass is 10.3. The number of nitrogens with zero attached hydrogens (tertiary/aromatic N) is 1. The largest absolute Gasteiger partial charge is 0.497 e. The Morgan fingerprint density at radius 2 is 2.00 bits per heavy atom. The van der Waals surface area contributed by atoms with E-state index in [1.54, 1.807) is 7.11 Å².